The molecule has 0 aromatic carbocycles. The standard InChI is InChI=1S/C10H20N2O2/c1-11(8-9-14-2)10(13)12-6-4-3-5-7-12/h3-9H2,1-2H3. The molecule has 1 rings (SSSR count). The molecule has 0 aliphatic carbocycles. The molecule has 0 atom stereocenters. The molecule has 0 aromatic rings. The van der Waals surface area contributed by atoms with Crippen LogP contribution in [0.4, 0.5) is 4.79 Å². The predicted molar refractivity (Wildman–Crippen MR) is 55.3 cm³/mol. The third kappa shape index (κ3) is 3.18. The summed E-state index contributed by atoms with van der Waals surface area (Å²) in [6.07, 6.45) is 3.54. The summed E-state index contributed by atoms with van der Waals surface area (Å²) in [7, 11) is 3.48. The molecular formula is C10H20N2O2. The summed E-state index contributed by atoms with van der Waals surface area (Å²) in [5, 5.41) is 0. The maximum Gasteiger partial charge on any atom is 0.319 e. The molecule has 0 bridgehead atoms. The van der Waals surface area contributed by atoms with E-state index >= 15 is 0 Å². The first-order valence-corrected chi connectivity index (χ1v) is 5.24. The van der Waals surface area contributed by atoms with Gasteiger partial charge in [-0.2, -0.15) is 0 Å². The summed E-state index contributed by atoms with van der Waals surface area (Å²) in [5.41, 5.74) is 0. The Kier molecular flexibility index (Phi) is 4.73. The van der Waals surface area contributed by atoms with Crippen LogP contribution in [0.2, 0.25) is 0 Å². The lowest BCUT2D eigenvalue weighted by Crippen LogP contribution is -2.44. The largest absolute Gasteiger partial charge is 0.383 e. The first-order chi connectivity index (χ1) is 6.75. The van der Waals surface area contributed by atoms with Crippen molar-refractivity contribution in [3.05, 3.63) is 0 Å². The number of likely N-dealkylation sites (tertiary alicyclic amines) is 1. The number of rotatable bonds is 3. The minimum Gasteiger partial charge on any atom is -0.383 e. The van der Waals surface area contributed by atoms with E-state index in [1.54, 1.807) is 12.0 Å². The quantitative estimate of drug-likeness (QED) is 0.685. The second kappa shape index (κ2) is 5.86. The normalized spacial score (nSPS) is 16.9. The molecule has 2 amide bonds. The average Bonchev–Trinajstić information content (AvgIpc) is 2.26. The average molecular weight is 200 g/mol. The van der Waals surface area contributed by atoms with Crippen molar-refractivity contribution in [2.45, 2.75) is 19.3 Å². The molecule has 4 heteroatoms. The number of carbonyl (C=O) groups excluding carboxylic acids is 1. The topological polar surface area (TPSA) is 32.8 Å². The zero-order valence-electron chi connectivity index (χ0n) is 9.16. The highest BCUT2D eigenvalue weighted by molar-refractivity contribution is 5.74. The Balaban J connectivity index is 2.30. The molecule has 1 aliphatic heterocycles. The SMILES string of the molecule is COCCN(C)C(=O)N1CCCCC1. The Bertz CT molecular complexity index is 179. The van der Waals surface area contributed by atoms with Crippen molar-refractivity contribution in [3.63, 3.8) is 0 Å². The van der Waals surface area contributed by atoms with Crippen LogP contribution in [0, 0.1) is 0 Å². The molecule has 14 heavy (non-hydrogen) atoms. The Labute approximate surface area is 85.8 Å². The zero-order valence-corrected chi connectivity index (χ0v) is 9.16. The zero-order chi connectivity index (χ0) is 10.4. The molecule has 0 saturated carbocycles. The van der Waals surface area contributed by atoms with E-state index < -0.39 is 0 Å². The molecule has 0 spiro atoms. The van der Waals surface area contributed by atoms with Crippen LogP contribution in [0.15, 0.2) is 0 Å². The molecule has 0 N–H and O–H groups in total. The van der Waals surface area contributed by atoms with E-state index in [9.17, 15) is 4.79 Å². The van der Waals surface area contributed by atoms with Crippen LogP contribution in [-0.2, 0) is 4.74 Å². The van der Waals surface area contributed by atoms with Crippen molar-refractivity contribution in [2.24, 2.45) is 0 Å². The van der Waals surface area contributed by atoms with Crippen LogP contribution in [0.3, 0.4) is 0 Å². The summed E-state index contributed by atoms with van der Waals surface area (Å²) in [5.74, 6) is 0. The van der Waals surface area contributed by atoms with E-state index in [1.165, 1.54) is 6.42 Å². The van der Waals surface area contributed by atoms with Gasteiger partial charge in [0.1, 0.15) is 0 Å². The van der Waals surface area contributed by atoms with Crippen LogP contribution < -0.4 is 0 Å². The van der Waals surface area contributed by atoms with Crippen molar-refractivity contribution < 1.29 is 9.53 Å². The molecule has 0 aromatic heterocycles. The molecule has 1 saturated heterocycles. The fraction of sp³-hybridized carbons (Fsp3) is 0.900. The highest BCUT2D eigenvalue weighted by atomic mass is 16.5. The fourth-order valence-corrected chi connectivity index (χ4v) is 1.65. The van der Waals surface area contributed by atoms with Crippen molar-refractivity contribution >= 4 is 6.03 Å². The molecule has 82 valence electrons. The monoisotopic (exact) mass is 200 g/mol. The van der Waals surface area contributed by atoms with Crippen LogP contribution in [0.1, 0.15) is 19.3 Å². The summed E-state index contributed by atoms with van der Waals surface area (Å²) >= 11 is 0. The highest BCUT2D eigenvalue weighted by Crippen LogP contribution is 2.10. The van der Waals surface area contributed by atoms with Gasteiger partial charge in [-0.1, -0.05) is 0 Å². The van der Waals surface area contributed by atoms with Crippen LogP contribution in [0.25, 0.3) is 0 Å². The summed E-state index contributed by atoms with van der Waals surface area (Å²) < 4.78 is 4.94. The third-order valence-electron chi connectivity index (χ3n) is 2.58. The van der Waals surface area contributed by atoms with Gasteiger partial charge in [0, 0.05) is 33.8 Å². The van der Waals surface area contributed by atoms with Gasteiger partial charge in [-0.25, -0.2) is 4.79 Å². The Morgan fingerprint density at radius 1 is 1.36 bits per heavy atom. The van der Waals surface area contributed by atoms with Crippen LogP contribution in [0.5, 0.6) is 0 Å². The number of hydrogen-bond donors (Lipinski definition) is 0. The summed E-state index contributed by atoms with van der Waals surface area (Å²) in [6.45, 7) is 3.11. The smallest absolute Gasteiger partial charge is 0.319 e. The lowest BCUT2D eigenvalue weighted by atomic mass is 10.1. The number of nitrogens with zero attached hydrogens (tertiary/aromatic N) is 2. The lowest BCUT2D eigenvalue weighted by molar-refractivity contribution is 0.130. The first kappa shape index (κ1) is 11.3. The third-order valence-corrected chi connectivity index (χ3v) is 2.58. The Morgan fingerprint density at radius 3 is 2.57 bits per heavy atom. The fourth-order valence-electron chi connectivity index (χ4n) is 1.65. The Hall–Kier alpha value is -0.770. The number of amides is 2. The van der Waals surface area contributed by atoms with Crippen molar-refractivity contribution in [1.29, 1.82) is 0 Å². The van der Waals surface area contributed by atoms with E-state index in [0.717, 1.165) is 25.9 Å². The van der Waals surface area contributed by atoms with Crippen LogP contribution >= 0.6 is 0 Å². The summed E-state index contributed by atoms with van der Waals surface area (Å²) in [4.78, 5) is 15.5. The number of methoxy groups -OCH3 is 1. The van der Waals surface area contributed by atoms with Gasteiger partial charge in [-0.15, -0.1) is 0 Å². The van der Waals surface area contributed by atoms with Crippen molar-refractivity contribution in [1.82, 2.24) is 9.80 Å². The van der Waals surface area contributed by atoms with E-state index in [2.05, 4.69) is 0 Å². The van der Waals surface area contributed by atoms with Gasteiger partial charge in [0.25, 0.3) is 0 Å². The molecule has 1 heterocycles. The van der Waals surface area contributed by atoms with Gasteiger partial charge in [0.15, 0.2) is 0 Å². The van der Waals surface area contributed by atoms with Gasteiger partial charge >= 0.3 is 6.03 Å². The second-order valence-electron chi connectivity index (χ2n) is 3.74. The van der Waals surface area contributed by atoms with E-state index in [1.807, 2.05) is 11.9 Å². The van der Waals surface area contributed by atoms with E-state index in [4.69, 9.17) is 4.74 Å². The number of hydrogen-bond acceptors (Lipinski definition) is 2. The van der Waals surface area contributed by atoms with Crippen LogP contribution in [-0.4, -0.2) is 56.2 Å². The first-order valence-electron chi connectivity index (χ1n) is 5.24. The number of piperidine rings is 1. The van der Waals surface area contributed by atoms with Gasteiger partial charge in [0.2, 0.25) is 0 Å². The lowest BCUT2D eigenvalue weighted by Gasteiger charge is -2.30. The number of likely N-dealkylation sites (N-methyl/N-ethyl adjacent to an activating group) is 1. The van der Waals surface area contributed by atoms with Gasteiger partial charge < -0.3 is 14.5 Å². The van der Waals surface area contributed by atoms with Crippen molar-refractivity contribution in [3.8, 4) is 0 Å². The van der Waals surface area contributed by atoms with Gasteiger partial charge in [-0.05, 0) is 19.3 Å². The highest BCUT2D eigenvalue weighted by Gasteiger charge is 2.19. The molecule has 0 unspecified atom stereocenters. The molecule has 4 nitrogen and oxygen atoms in total. The minimum atomic E-state index is 0.141. The number of urea groups is 1. The van der Waals surface area contributed by atoms with E-state index in [0.29, 0.717) is 13.2 Å². The van der Waals surface area contributed by atoms with Crippen molar-refractivity contribution in [2.75, 3.05) is 40.4 Å². The number of ether oxygens (including phenoxy) is 1. The maximum absolute atomic E-state index is 11.8. The van der Waals surface area contributed by atoms with E-state index in [-0.39, 0.29) is 6.03 Å². The predicted octanol–water partition coefficient (Wildman–Crippen LogP) is 1.17. The summed E-state index contributed by atoms with van der Waals surface area (Å²) in [6, 6.07) is 0.141. The van der Waals surface area contributed by atoms with Gasteiger partial charge in [0.05, 0.1) is 6.61 Å². The second-order valence-corrected chi connectivity index (χ2v) is 3.74. The molecule has 1 aliphatic rings. The molecule has 1 fully saturated rings. The van der Waals surface area contributed by atoms with Gasteiger partial charge in [-0.3, -0.25) is 0 Å². The molecular weight excluding hydrogens is 180 g/mol. The minimum absolute atomic E-state index is 0.141. The Morgan fingerprint density at radius 2 is 2.00 bits per heavy atom. The maximum atomic E-state index is 11.8. The molecule has 0 radical (unpaired) electrons. The number of carbonyl (C=O) groups is 1.